The first-order valence-electron chi connectivity index (χ1n) is 9.93. The summed E-state index contributed by atoms with van der Waals surface area (Å²) < 4.78 is 2.14. The number of benzene rings is 2. The molecule has 0 atom stereocenters. The second kappa shape index (κ2) is 9.61. The largest absolute Gasteiger partial charge is 0.339 e. The molecule has 1 aromatic heterocycles. The van der Waals surface area contributed by atoms with Crippen LogP contribution in [0.15, 0.2) is 67.0 Å². The second-order valence-corrected chi connectivity index (χ2v) is 7.12. The van der Waals surface area contributed by atoms with Gasteiger partial charge in [0.15, 0.2) is 0 Å². The van der Waals surface area contributed by atoms with E-state index in [9.17, 15) is 4.79 Å². The maximum atomic E-state index is 12.7. The van der Waals surface area contributed by atoms with E-state index < -0.39 is 0 Å². The van der Waals surface area contributed by atoms with Crippen LogP contribution in [0.3, 0.4) is 0 Å². The minimum Gasteiger partial charge on any atom is -0.339 e. The smallest absolute Gasteiger partial charge is 0.227 e. The molecule has 0 radical (unpaired) electrons. The Morgan fingerprint density at radius 3 is 2.24 bits per heavy atom. The fourth-order valence-electron chi connectivity index (χ4n) is 3.72. The summed E-state index contributed by atoms with van der Waals surface area (Å²) in [6.45, 7) is 6.18. The standard InChI is InChI=1S/C23H26N4O.ClH/c1-2-25-13-12-24-23(25)27-16-14-26(15-17-27)22(28)18-19-8-10-21(11-9-19)20-6-4-3-5-7-20;/h3-13H,2,14-18H2,1H3;1H. The Labute approximate surface area is 178 Å². The molecule has 1 aliphatic rings. The predicted octanol–water partition coefficient (Wildman–Crippen LogP) is 3.88. The van der Waals surface area contributed by atoms with Crippen molar-refractivity contribution in [2.24, 2.45) is 0 Å². The molecular weight excluding hydrogens is 384 g/mol. The average molecular weight is 411 g/mol. The van der Waals surface area contributed by atoms with Crippen LogP contribution in [0.4, 0.5) is 5.95 Å². The molecule has 152 valence electrons. The highest BCUT2D eigenvalue weighted by molar-refractivity contribution is 5.85. The van der Waals surface area contributed by atoms with E-state index in [2.05, 4.69) is 57.8 Å². The number of carbonyl (C=O) groups excluding carboxylic acids is 1. The predicted molar refractivity (Wildman–Crippen MR) is 120 cm³/mol. The van der Waals surface area contributed by atoms with Crippen molar-refractivity contribution in [2.75, 3.05) is 31.1 Å². The molecule has 0 unspecified atom stereocenters. The van der Waals surface area contributed by atoms with Gasteiger partial charge in [-0.05, 0) is 23.6 Å². The molecule has 5 nitrogen and oxygen atoms in total. The van der Waals surface area contributed by atoms with Gasteiger partial charge in [0, 0.05) is 45.1 Å². The minimum atomic E-state index is 0. The number of piperazine rings is 1. The van der Waals surface area contributed by atoms with Gasteiger partial charge in [0.1, 0.15) is 0 Å². The average Bonchev–Trinajstić information content (AvgIpc) is 3.24. The number of hydrogen-bond acceptors (Lipinski definition) is 3. The molecule has 4 rings (SSSR count). The lowest BCUT2D eigenvalue weighted by Gasteiger charge is -2.35. The van der Waals surface area contributed by atoms with Gasteiger partial charge < -0.3 is 14.4 Å². The van der Waals surface area contributed by atoms with Crippen LogP contribution in [-0.2, 0) is 17.8 Å². The Morgan fingerprint density at radius 2 is 1.59 bits per heavy atom. The fourth-order valence-corrected chi connectivity index (χ4v) is 3.72. The van der Waals surface area contributed by atoms with Crippen LogP contribution < -0.4 is 4.90 Å². The number of aromatic nitrogens is 2. The fraction of sp³-hybridized carbons (Fsp3) is 0.304. The van der Waals surface area contributed by atoms with E-state index in [1.807, 2.05) is 35.5 Å². The molecule has 0 saturated carbocycles. The topological polar surface area (TPSA) is 41.4 Å². The number of halogens is 1. The Bertz CT molecular complexity index is 916. The third-order valence-corrected chi connectivity index (χ3v) is 5.37. The number of hydrogen-bond donors (Lipinski definition) is 0. The lowest BCUT2D eigenvalue weighted by Crippen LogP contribution is -2.49. The summed E-state index contributed by atoms with van der Waals surface area (Å²) in [5.74, 6) is 1.21. The first-order chi connectivity index (χ1) is 13.7. The lowest BCUT2D eigenvalue weighted by atomic mass is 10.0. The van der Waals surface area contributed by atoms with Crippen LogP contribution in [-0.4, -0.2) is 46.5 Å². The molecule has 3 aromatic rings. The number of carbonyl (C=O) groups is 1. The highest BCUT2D eigenvalue weighted by atomic mass is 35.5. The van der Waals surface area contributed by atoms with Crippen molar-refractivity contribution < 1.29 is 4.79 Å². The Kier molecular flexibility index (Phi) is 6.94. The molecule has 6 heteroatoms. The van der Waals surface area contributed by atoms with Gasteiger partial charge >= 0.3 is 0 Å². The minimum absolute atomic E-state index is 0. The van der Waals surface area contributed by atoms with Gasteiger partial charge in [0.25, 0.3) is 0 Å². The maximum absolute atomic E-state index is 12.7. The quantitative estimate of drug-likeness (QED) is 0.640. The molecule has 1 aliphatic heterocycles. The summed E-state index contributed by atoms with van der Waals surface area (Å²) in [6.07, 6.45) is 4.31. The SMILES string of the molecule is CCn1ccnc1N1CCN(C(=O)Cc2ccc(-c3ccccc3)cc2)CC1.Cl. The monoisotopic (exact) mass is 410 g/mol. The van der Waals surface area contributed by atoms with Gasteiger partial charge in [-0.1, -0.05) is 54.6 Å². The zero-order valence-corrected chi connectivity index (χ0v) is 17.5. The van der Waals surface area contributed by atoms with Gasteiger partial charge in [0.2, 0.25) is 11.9 Å². The van der Waals surface area contributed by atoms with Crippen LogP contribution in [0.2, 0.25) is 0 Å². The van der Waals surface area contributed by atoms with Crippen molar-refractivity contribution >= 4 is 24.3 Å². The first kappa shape index (κ1) is 20.9. The molecule has 2 heterocycles. The molecule has 0 bridgehead atoms. The van der Waals surface area contributed by atoms with Crippen LogP contribution in [0, 0.1) is 0 Å². The van der Waals surface area contributed by atoms with E-state index in [-0.39, 0.29) is 18.3 Å². The van der Waals surface area contributed by atoms with E-state index >= 15 is 0 Å². The summed E-state index contributed by atoms with van der Waals surface area (Å²) in [7, 11) is 0. The van der Waals surface area contributed by atoms with Crippen LogP contribution >= 0.6 is 12.4 Å². The molecule has 1 fully saturated rings. The summed E-state index contributed by atoms with van der Waals surface area (Å²) in [6, 6.07) is 18.6. The van der Waals surface area contributed by atoms with Crippen molar-refractivity contribution in [1.29, 1.82) is 0 Å². The van der Waals surface area contributed by atoms with E-state index in [4.69, 9.17) is 0 Å². The molecule has 29 heavy (non-hydrogen) atoms. The van der Waals surface area contributed by atoms with Crippen molar-refractivity contribution in [3.8, 4) is 11.1 Å². The van der Waals surface area contributed by atoms with E-state index in [1.165, 1.54) is 11.1 Å². The Hall–Kier alpha value is -2.79. The third-order valence-electron chi connectivity index (χ3n) is 5.37. The van der Waals surface area contributed by atoms with Crippen molar-refractivity contribution in [2.45, 2.75) is 19.9 Å². The van der Waals surface area contributed by atoms with E-state index in [0.29, 0.717) is 6.42 Å². The molecule has 0 aliphatic carbocycles. The first-order valence-corrected chi connectivity index (χ1v) is 9.93. The molecule has 1 saturated heterocycles. The number of anilines is 1. The van der Waals surface area contributed by atoms with Crippen molar-refractivity contribution in [3.05, 3.63) is 72.6 Å². The van der Waals surface area contributed by atoms with Crippen LogP contribution in [0.25, 0.3) is 11.1 Å². The van der Waals surface area contributed by atoms with Crippen molar-refractivity contribution in [1.82, 2.24) is 14.5 Å². The number of nitrogens with zero attached hydrogens (tertiary/aromatic N) is 4. The van der Waals surface area contributed by atoms with Crippen molar-refractivity contribution in [3.63, 3.8) is 0 Å². The number of rotatable bonds is 5. The number of amides is 1. The van der Waals surface area contributed by atoms with Gasteiger partial charge in [-0.15, -0.1) is 12.4 Å². The number of aryl methyl sites for hydroxylation is 1. The Morgan fingerprint density at radius 1 is 0.931 bits per heavy atom. The highest BCUT2D eigenvalue weighted by Crippen LogP contribution is 2.20. The highest BCUT2D eigenvalue weighted by Gasteiger charge is 2.23. The molecule has 0 spiro atoms. The Balaban J connectivity index is 0.00000240. The van der Waals surface area contributed by atoms with Gasteiger partial charge in [-0.25, -0.2) is 4.98 Å². The summed E-state index contributed by atoms with van der Waals surface area (Å²) in [5, 5.41) is 0. The van der Waals surface area contributed by atoms with E-state index in [0.717, 1.165) is 44.2 Å². The zero-order valence-electron chi connectivity index (χ0n) is 16.7. The number of imidazole rings is 1. The van der Waals surface area contributed by atoms with Gasteiger partial charge in [-0.2, -0.15) is 0 Å². The summed E-state index contributed by atoms with van der Waals surface area (Å²) in [5.41, 5.74) is 3.44. The molecule has 0 N–H and O–H groups in total. The zero-order chi connectivity index (χ0) is 19.3. The second-order valence-electron chi connectivity index (χ2n) is 7.12. The molecule has 1 amide bonds. The van der Waals surface area contributed by atoms with Gasteiger partial charge in [0.05, 0.1) is 6.42 Å². The normalized spacial score (nSPS) is 13.8. The summed E-state index contributed by atoms with van der Waals surface area (Å²) in [4.78, 5) is 21.4. The van der Waals surface area contributed by atoms with Crippen LogP contribution in [0.1, 0.15) is 12.5 Å². The van der Waals surface area contributed by atoms with Crippen LogP contribution in [0.5, 0.6) is 0 Å². The lowest BCUT2D eigenvalue weighted by molar-refractivity contribution is -0.130. The third kappa shape index (κ3) is 4.80. The maximum Gasteiger partial charge on any atom is 0.227 e. The molecule has 2 aromatic carbocycles. The van der Waals surface area contributed by atoms with E-state index in [1.54, 1.807) is 0 Å². The van der Waals surface area contributed by atoms with Gasteiger partial charge in [-0.3, -0.25) is 4.79 Å². The molecular formula is C23H27ClN4O. The summed E-state index contributed by atoms with van der Waals surface area (Å²) >= 11 is 0.